The Bertz CT molecular complexity index is 1180. The Hall–Kier alpha value is -3.80. The number of H-pyrrole nitrogens is 1. The highest BCUT2D eigenvalue weighted by molar-refractivity contribution is 6.19. The molecule has 0 bridgehead atoms. The van der Waals surface area contributed by atoms with Crippen molar-refractivity contribution in [2.24, 2.45) is 5.73 Å². The van der Waals surface area contributed by atoms with E-state index >= 15 is 0 Å². The van der Waals surface area contributed by atoms with Crippen LogP contribution in [-0.2, 0) is 11.2 Å². The summed E-state index contributed by atoms with van der Waals surface area (Å²) in [6.45, 7) is 0. The summed E-state index contributed by atoms with van der Waals surface area (Å²) in [5.74, 6) is -1.23. The number of aromatic nitrogens is 1. The lowest BCUT2D eigenvalue weighted by Crippen LogP contribution is -2.29. The van der Waals surface area contributed by atoms with Crippen molar-refractivity contribution in [2.45, 2.75) is 12.5 Å². The molecule has 1 heterocycles. The van der Waals surface area contributed by atoms with Gasteiger partial charge in [0.1, 0.15) is 5.75 Å². The highest BCUT2D eigenvalue weighted by Gasteiger charge is 2.23. The van der Waals surface area contributed by atoms with Gasteiger partial charge in [0.05, 0.1) is 10.9 Å². The van der Waals surface area contributed by atoms with Gasteiger partial charge >= 0.3 is 5.97 Å². The first kappa shape index (κ1) is 17.6. The van der Waals surface area contributed by atoms with Crippen molar-refractivity contribution < 1.29 is 19.4 Å². The number of fused-ring (bicyclic) bond motifs is 3. The summed E-state index contributed by atoms with van der Waals surface area (Å²) in [4.78, 5) is 27.0. The van der Waals surface area contributed by atoms with Crippen molar-refractivity contribution in [2.75, 3.05) is 0 Å². The standard InChI is InChI=1S/C22H18N2O4/c23-21(25)14-8-4-9-15-19(14)20-16(24-15)10-5-11-17(20)28-18(22(26)27)12-13-6-2-1-3-7-13/h1-11,18,24H,12H2,(H2,23,25)(H,26,27). The molecule has 0 saturated heterocycles. The van der Waals surface area contributed by atoms with Crippen LogP contribution in [0.4, 0.5) is 0 Å². The predicted octanol–water partition coefficient (Wildman–Crippen LogP) is 3.49. The fourth-order valence-electron chi connectivity index (χ4n) is 3.43. The van der Waals surface area contributed by atoms with E-state index in [1.165, 1.54) is 0 Å². The molecule has 0 aliphatic rings. The molecule has 0 aliphatic heterocycles. The minimum atomic E-state index is -1.07. The summed E-state index contributed by atoms with van der Waals surface area (Å²) in [6, 6.07) is 19.9. The number of carboxylic acid groups (broad SMARTS) is 1. The summed E-state index contributed by atoms with van der Waals surface area (Å²) in [5.41, 5.74) is 8.23. The van der Waals surface area contributed by atoms with Crippen molar-refractivity contribution in [1.82, 2.24) is 4.98 Å². The molecule has 28 heavy (non-hydrogen) atoms. The predicted molar refractivity (Wildman–Crippen MR) is 107 cm³/mol. The fraction of sp³-hybridized carbons (Fsp3) is 0.0909. The first-order chi connectivity index (χ1) is 13.5. The normalized spacial score (nSPS) is 12.1. The first-order valence-corrected chi connectivity index (χ1v) is 8.81. The minimum absolute atomic E-state index is 0.220. The van der Waals surface area contributed by atoms with Gasteiger partial charge in [-0.3, -0.25) is 4.79 Å². The van der Waals surface area contributed by atoms with Crippen molar-refractivity contribution in [3.63, 3.8) is 0 Å². The van der Waals surface area contributed by atoms with Gasteiger partial charge in [0.15, 0.2) is 6.10 Å². The van der Waals surface area contributed by atoms with Gasteiger partial charge in [-0.05, 0) is 29.8 Å². The van der Waals surface area contributed by atoms with E-state index in [-0.39, 0.29) is 6.42 Å². The quantitative estimate of drug-likeness (QED) is 0.480. The topological polar surface area (TPSA) is 105 Å². The number of carbonyl (C=O) groups excluding carboxylic acids is 1. The molecule has 0 spiro atoms. The molecule has 0 radical (unpaired) electrons. The van der Waals surface area contributed by atoms with Crippen LogP contribution in [0.5, 0.6) is 5.75 Å². The average molecular weight is 374 g/mol. The van der Waals surface area contributed by atoms with Crippen LogP contribution in [0.1, 0.15) is 15.9 Å². The molecule has 1 amide bonds. The molecular formula is C22H18N2O4. The van der Waals surface area contributed by atoms with Crippen molar-refractivity contribution in [1.29, 1.82) is 0 Å². The van der Waals surface area contributed by atoms with Gasteiger partial charge in [-0.25, -0.2) is 4.79 Å². The second-order valence-corrected chi connectivity index (χ2v) is 6.53. The molecular weight excluding hydrogens is 356 g/mol. The number of hydrogen-bond donors (Lipinski definition) is 3. The molecule has 0 fully saturated rings. The van der Waals surface area contributed by atoms with Crippen molar-refractivity contribution >= 4 is 33.7 Å². The molecule has 140 valence electrons. The number of rotatable bonds is 6. The highest BCUT2D eigenvalue weighted by atomic mass is 16.5. The number of aromatic amines is 1. The molecule has 4 N–H and O–H groups in total. The van der Waals surface area contributed by atoms with Gasteiger partial charge in [0, 0.05) is 22.9 Å². The summed E-state index contributed by atoms with van der Waals surface area (Å²) in [5, 5.41) is 10.9. The molecule has 6 nitrogen and oxygen atoms in total. The van der Waals surface area contributed by atoms with Crippen LogP contribution >= 0.6 is 0 Å². The van der Waals surface area contributed by atoms with Gasteiger partial charge in [-0.15, -0.1) is 0 Å². The number of carboxylic acids is 1. The second kappa shape index (κ2) is 7.08. The zero-order valence-electron chi connectivity index (χ0n) is 14.9. The number of benzene rings is 3. The van der Waals surface area contributed by atoms with E-state index < -0.39 is 18.0 Å². The lowest BCUT2D eigenvalue weighted by Gasteiger charge is -2.16. The van der Waals surface area contributed by atoms with E-state index in [1.807, 2.05) is 42.5 Å². The first-order valence-electron chi connectivity index (χ1n) is 8.81. The SMILES string of the molecule is NC(=O)c1cccc2[nH]c3cccc(OC(Cc4ccccc4)C(=O)O)c3c12. The molecule has 6 heteroatoms. The molecule has 0 aliphatic carbocycles. The maximum Gasteiger partial charge on any atom is 0.345 e. The van der Waals surface area contributed by atoms with Crippen LogP contribution in [0.2, 0.25) is 0 Å². The van der Waals surface area contributed by atoms with E-state index in [9.17, 15) is 14.7 Å². The van der Waals surface area contributed by atoms with Gasteiger partial charge < -0.3 is 20.6 Å². The summed E-state index contributed by atoms with van der Waals surface area (Å²) in [6.07, 6.45) is -0.851. The van der Waals surface area contributed by atoms with Crippen molar-refractivity contribution in [3.05, 3.63) is 77.9 Å². The van der Waals surface area contributed by atoms with Gasteiger partial charge in [-0.1, -0.05) is 42.5 Å². The van der Waals surface area contributed by atoms with Crippen LogP contribution in [0.25, 0.3) is 21.8 Å². The average Bonchev–Trinajstić information content (AvgIpc) is 3.07. The maximum absolute atomic E-state index is 11.9. The Morgan fingerprint density at radius 3 is 2.29 bits per heavy atom. The smallest absolute Gasteiger partial charge is 0.345 e. The van der Waals surface area contributed by atoms with Gasteiger partial charge in [0.25, 0.3) is 0 Å². The Morgan fingerprint density at radius 2 is 1.61 bits per heavy atom. The number of carbonyl (C=O) groups is 2. The Balaban J connectivity index is 1.82. The molecule has 3 aromatic carbocycles. The van der Waals surface area contributed by atoms with E-state index in [0.717, 1.165) is 16.6 Å². The minimum Gasteiger partial charge on any atom is -0.478 e. The van der Waals surface area contributed by atoms with Crippen LogP contribution in [0, 0.1) is 0 Å². The van der Waals surface area contributed by atoms with E-state index in [1.54, 1.807) is 24.3 Å². The van der Waals surface area contributed by atoms with Crippen LogP contribution in [0.15, 0.2) is 66.7 Å². The summed E-state index contributed by atoms with van der Waals surface area (Å²) in [7, 11) is 0. The lowest BCUT2D eigenvalue weighted by molar-refractivity contribution is -0.144. The summed E-state index contributed by atoms with van der Waals surface area (Å²) < 4.78 is 5.92. The van der Waals surface area contributed by atoms with Crippen LogP contribution in [-0.4, -0.2) is 28.1 Å². The van der Waals surface area contributed by atoms with Crippen LogP contribution < -0.4 is 10.5 Å². The number of aliphatic carboxylic acids is 1. The van der Waals surface area contributed by atoms with Gasteiger partial charge in [-0.2, -0.15) is 0 Å². The highest BCUT2D eigenvalue weighted by Crippen LogP contribution is 2.35. The largest absolute Gasteiger partial charge is 0.478 e. The van der Waals surface area contributed by atoms with Crippen molar-refractivity contribution in [3.8, 4) is 5.75 Å². The number of amides is 1. The molecule has 4 rings (SSSR count). The second-order valence-electron chi connectivity index (χ2n) is 6.53. The zero-order valence-corrected chi connectivity index (χ0v) is 14.9. The molecule has 0 saturated carbocycles. The van der Waals surface area contributed by atoms with Crippen LogP contribution in [0.3, 0.4) is 0 Å². The number of ether oxygens (including phenoxy) is 1. The number of primary amides is 1. The third-order valence-electron chi connectivity index (χ3n) is 4.68. The molecule has 4 aromatic rings. The number of hydrogen-bond acceptors (Lipinski definition) is 3. The summed E-state index contributed by atoms with van der Waals surface area (Å²) >= 11 is 0. The Labute approximate surface area is 160 Å². The fourth-order valence-corrected chi connectivity index (χ4v) is 3.43. The Morgan fingerprint density at radius 1 is 0.929 bits per heavy atom. The molecule has 1 aromatic heterocycles. The van der Waals surface area contributed by atoms with E-state index in [2.05, 4.69) is 4.98 Å². The zero-order chi connectivity index (χ0) is 19.7. The lowest BCUT2D eigenvalue weighted by atomic mass is 10.0. The maximum atomic E-state index is 11.9. The third kappa shape index (κ3) is 3.16. The van der Waals surface area contributed by atoms with Gasteiger partial charge in [0.2, 0.25) is 5.91 Å². The van der Waals surface area contributed by atoms with E-state index in [0.29, 0.717) is 22.1 Å². The molecule has 1 unspecified atom stereocenters. The Kier molecular flexibility index (Phi) is 4.45. The van der Waals surface area contributed by atoms with E-state index in [4.69, 9.17) is 10.5 Å². The molecule has 1 atom stereocenters. The number of nitrogens with one attached hydrogen (secondary N) is 1. The third-order valence-corrected chi connectivity index (χ3v) is 4.68. The number of nitrogens with two attached hydrogens (primary N) is 1. The monoisotopic (exact) mass is 374 g/mol.